The molecule has 1 amide bonds. The molecule has 0 saturated carbocycles. The number of amides is 1. The number of unbranched alkanes of at least 4 members (excludes halogenated alkanes) is 1. The molecule has 0 unspecified atom stereocenters. The monoisotopic (exact) mass is 227 g/mol. The predicted octanol–water partition coefficient (Wildman–Crippen LogP) is 1.28. The summed E-state index contributed by atoms with van der Waals surface area (Å²) in [5, 5.41) is 5.57. The van der Waals surface area contributed by atoms with Crippen molar-refractivity contribution in [2.45, 2.75) is 38.8 Å². The topological polar surface area (TPSA) is 68.0 Å². The van der Waals surface area contributed by atoms with Gasteiger partial charge in [-0.3, -0.25) is 4.79 Å². The third-order valence-electron chi connectivity index (χ3n) is 2.10. The van der Waals surface area contributed by atoms with Crippen molar-refractivity contribution in [3.05, 3.63) is 16.6 Å². The highest BCUT2D eigenvalue weighted by molar-refractivity contribution is 7.09. The van der Waals surface area contributed by atoms with E-state index in [2.05, 4.69) is 17.2 Å². The minimum Gasteiger partial charge on any atom is -0.348 e. The van der Waals surface area contributed by atoms with Gasteiger partial charge in [-0.1, -0.05) is 19.8 Å². The van der Waals surface area contributed by atoms with Gasteiger partial charge in [-0.2, -0.15) is 0 Å². The second kappa shape index (κ2) is 6.53. The van der Waals surface area contributed by atoms with Crippen LogP contribution in [-0.2, 0) is 11.3 Å². The molecule has 0 bridgehead atoms. The average molecular weight is 227 g/mol. The lowest BCUT2D eigenvalue weighted by atomic mass is 10.1. The van der Waals surface area contributed by atoms with Gasteiger partial charge in [0.1, 0.15) is 5.01 Å². The Kier molecular flexibility index (Phi) is 5.28. The minimum absolute atomic E-state index is 0.0846. The van der Waals surface area contributed by atoms with Crippen molar-refractivity contribution in [1.29, 1.82) is 0 Å². The first-order chi connectivity index (χ1) is 7.24. The molecule has 4 nitrogen and oxygen atoms in total. The maximum atomic E-state index is 11.5. The Morgan fingerprint density at radius 1 is 1.73 bits per heavy atom. The van der Waals surface area contributed by atoms with Gasteiger partial charge in [0.15, 0.2) is 0 Å². The van der Waals surface area contributed by atoms with E-state index < -0.39 is 0 Å². The zero-order valence-corrected chi connectivity index (χ0v) is 9.72. The van der Waals surface area contributed by atoms with E-state index in [-0.39, 0.29) is 11.9 Å². The normalized spacial score (nSPS) is 12.4. The lowest BCUT2D eigenvalue weighted by Crippen LogP contribution is -2.40. The Bertz CT molecular complexity index is 287. The highest BCUT2D eigenvalue weighted by atomic mass is 32.1. The van der Waals surface area contributed by atoms with Crippen molar-refractivity contribution in [2.75, 3.05) is 0 Å². The smallest absolute Gasteiger partial charge is 0.237 e. The Morgan fingerprint density at radius 2 is 2.53 bits per heavy atom. The number of carbonyl (C=O) groups excluding carboxylic acids is 1. The zero-order chi connectivity index (χ0) is 11.1. The molecule has 0 radical (unpaired) electrons. The minimum atomic E-state index is -0.384. The second-order valence-corrected chi connectivity index (χ2v) is 4.37. The fourth-order valence-electron chi connectivity index (χ4n) is 1.19. The van der Waals surface area contributed by atoms with E-state index >= 15 is 0 Å². The first-order valence-electron chi connectivity index (χ1n) is 5.15. The maximum Gasteiger partial charge on any atom is 0.237 e. The maximum absolute atomic E-state index is 11.5. The summed E-state index contributed by atoms with van der Waals surface area (Å²) in [5.74, 6) is -0.0846. The third-order valence-corrected chi connectivity index (χ3v) is 2.88. The molecule has 0 spiro atoms. The molecule has 0 aliphatic carbocycles. The molecule has 1 atom stereocenters. The first kappa shape index (κ1) is 12.1. The van der Waals surface area contributed by atoms with Crippen molar-refractivity contribution < 1.29 is 4.79 Å². The number of nitrogens with zero attached hydrogens (tertiary/aromatic N) is 1. The van der Waals surface area contributed by atoms with Gasteiger partial charge in [-0.05, 0) is 6.42 Å². The summed E-state index contributed by atoms with van der Waals surface area (Å²) < 4.78 is 0. The van der Waals surface area contributed by atoms with Crippen molar-refractivity contribution >= 4 is 17.2 Å². The number of nitrogens with two attached hydrogens (primary N) is 1. The molecular weight excluding hydrogens is 210 g/mol. The number of carbonyl (C=O) groups is 1. The molecule has 0 aliphatic heterocycles. The van der Waals surface area contributed by atoms with Crippen molar-refractivity contribution in [2.24, 2.45) is 5.73 Å². The molecule has 0 aliphatic rings. The Hall–Kier alpha value is -0.940. The summed E-state index contributed by atoms with van der Waals surface area (Å²) in [7, 11) is 0. The average Bonchev–Trinajstić information content (AvgIpc) is 2.75. The van der Waals surface area contributed by atoms with Crippen LogP contribution in [0.5, 0.6) is 0 Å². The van der Waals surface area contributed by atoms with Gasteiger partial charge in [0.25, 0.3) is 0 Å². The molecule has 5 heteroatoms. The summed E-state index contributed by atoms with van der Waals surface area (Å²) in [6.45, 7) is 2.57. The van der Waals surface area contributed by atoms with Gasteiger partial charge in [-0.15, -0.1) is 11.3 Å². The van der Waals surface area contributed by atoms with Crippen molar-refractivity contribution in [3.8, 4) is 0 Å². The molecule has 0 saturated heterocycles. The molecule has 15 heavy (non-hydrogen) atoms. The largest absolute Gasteiger partial charge is 0.348 e. The first-order valence-corrected chi connectivity index (χ1v) is 6.03. The van der Waals surface area contributed by atoms with Gasteiger partial charge in [0.05, 0.1) is 12.6 Å². The van der Waals surface area contributed by atoms with Crippen LogP contribution in [0.4, 0.5) is 0 Å². The second-order valence-electron chi connectivity index (χ2n) is 3.39. The third kappa shape index (κ3) is 4.40. The predicted molar refractivity (Wildman–Crippen MR) is 61.5 cm³/mol. The van der Waals surface area contributed by atoms with Crippen LogP contribution in [0.3, 0.4) is 0 Å². The highest BCUT2D eigenvalue weighted by Gasteiger charge is 2.12. The number of hydrogen-bond acceptors (Lipinski definition) is 4. The molecule has 1 aromatic rings. The molecule has 0 fully saturated rings. The van der Waals surface area contributed by atoms with Crippen LogP contribution >= 0.6 is 11.3 Å². The zero-order valence-electron chi connectivity index (χ0n) is 8.90. The van der Waals surface area contributed by atoms with E-state index in [1.54, 1.807) is 6.20 Å². The fourth-order valence-corrected chi connectivity index (χ4v) is 1.75. The van der Waals surface area contributed by atoms with Crippen LogP contribution in [0.25, 0.3) is 0 Å². The van der Waals surface area contributed by atoms with Crippen LogP contribution < -0.4 is 11.1 Å². The number of nitrogens with one attached hydrogen (secondary N) is 1. The van der Waals surface area contributed by atoms with Gasteiger partial charge < -0.3 is 11.1 Å². The number of rotatable bonds is 6. The fraction of sp³-hybridized carbons (Fsp3) is 0.600. The lowest BCUT2D eigenvalue weighted by molar-refractivity contribution is -0.122. The number of aromatic nitrogens is 1. The van der Waals surface area contributed by atoms with Crippen molar-refractivity contribution in [3.63, 3.8) is 0 Å². The number of thiazole rings is 1. The van der Waals surface area contributed by atoms with E-state index in [0.717, 1.165) is 24.3 Å². The standard InChI is InChI=1S/C10H17N3OS/c1-2-3-4-8(11)10(14)13-7-9-12-5-6-15-9/h5-6,8H,2-4,7,11H2,1H3,(H,13,14)/t8-/m0/s1. The van der Waals surface area contributed by atoms with Crippen molar-refractivity contribution in [1.82, 2.24) is 10.3 Å². The van der Waals surface area contributed by atoms with E-state index in [4.69, 9.17) is 5.73 Å². The Labute approximate surface area is 93.9 Å². The van der Waals surface area contributed by atoms with Gasteiger partial charge in [-0.25, -0.2) is 4.98 Å². The van der Waals surface area contributed by atoms with E-state index in [1.807, 2.05) is 5.38 Å². The number of hydrogen-bond donors (Lipinski definition) is 2. The van der Waals surface area contributed by atoms with E-state index in [9.17, 15) is 4.79 Å². The SMILES string of the molecule is CCCC[C@H](N)C(=O)NCc1nccs1. The quantitative estimate of drug-likeness (QED) is 0.769. The summed E-state index contributed by atoms with van der Waals surface area (Å²) in [6.07, 6.45) is 4.53. The van der Waals surface area contributed by atoms with Crippen LogP contribution in [0.15, 0.2) is 11.6 Å². The van der Waals surface area contributed by atoms with Gasteiger partial charge in [0, 0.05) is 11.6 Å². The van der Waals surface area contributed by atoms with Crippen LogP contribution in [0, 0.1) is 0 Å². The van der Waals surface area contributed by atoms with E-state index in [1.165, 1.54) is 11.3 Å². The molecule has 84 valence electrons. The van der Waals surface area contributed by atoms with Crippen LogP contribution in [-0.4, -0.2) is 16.9 Å². The summed E-state index contributed by atoms with van der Waals surface area (Å²) in [6, 6.07) is -0.384. The van der Waals surface area contributed by atoms with E-state index in [0.29, 0.717) is 6.54 Å². The molecule has 0 aromatic carbocycles. The van der Waals surface area contributed by atoms with Gasteiger partial charge >= 0.3 is 0 Å². The summed E-state index contributed by atoms with van der Waals surface area (Å²) >= 11 is 1.53. The summed E-state index contributed by atoms with van der Waals surface area (Å²) in [4.78, 5) is 15.6. The Balaban J connectivity index is 2.23. The molecule has 1 rings (SSSR count). The van der Waals surface area contributed by atoms with Crippen LogP contribution in [0.1, 0.15) is 31.2 Å². The molecule has 3 N–H and O–H groups in total. The molecular formula is C10H17N3OS. The highest BCUT2D eigenvalue weighted by Crippen LogP contribution is 2.03. The Morgan fingerprint density at radius 3 is 3.13 bits per heavy atom. The van der Waals surface area contributed by atoms with Crippen LogP contribution in [0.2, 0.25) is 0 Å². The molecule has 1 aromatic heterocycles. The van der Waals surface area contributed by atoms with Gasteiger partial charge in [0.2, 0.25) is 5.91 Å². The molecule has 1 heterocycles. The lowest BCUT2D eigenvalue weighted by Gasteiger charge is -2.10. The summed E-state index contributed by atoms with van der Waals surface area (Å²) in [5.41, 5.74) is 5.71.